The van der Waals surface area contributed by atoms with E-state index in [1.807, 2.05) is 11.9 Å². The van der Waals surface area contributed by atoms with E-state index in [0.717, 1.165) is 17.2 Å². The molecule has 0 fully saturated rings. The van der Waals surface area contributed by atoms with Gasteiger partial charge in [-0.1, -0.05) is 6.92 Å². The predicted octanol–water partition coefficient (Wildman–Crippen LogP) is 1.01. The summed E-state index contributed by atoms with van der Waals surface area (Å²) in [5.74, 6) is -0.746. The number of aromatic nitrogens is 2. The maximum Gasteiger partial charge on any atom is 0.342 e. The van der Waals surface area contributed by atoms with Crippen molar-refractivity contribution in [2.75, 3.05) is 6.61 Å². The van der Waals surface area contributed by atoms with Crippen molar-refractivity contribution in [2.45, 2.75) is 13.3 Å². The van der Waals surface area contributed by atoms with E-state index in [-0.39, 0.29) is 0 Å². The van der Waals surface area contributed by atoms with Gasteiger partial charge < -0.3 is 9.84 Å². The van der Waals surface area contributed by atoms with Crippen LogP contribution in [-0.2, 0) is 0 Å². The first-order chi connectivity index (χ1) is 10.0. The Morgan fingerprint density at radius 2 is 1.95 bits per heavy atom. The second-order valence-corrected chi connectivity index (χ2v) is 4.32. The van der Waals surface area contributed by atoms with Crippen LogP contribution in [0.1, 0.15) is 23.7 Å². The molecule has 0 aliphatic heterocycles. The van der Waals surface area contributed by atoms with Crippen LogP contribution in [0.25, 0.3) is 5.69 Å². The van der Waals surface area contributed by atoms with E-state index in [4.69, 9.17) is 9.84 Å². The normalized spacial score (nSPS) is 10.3. The van der Waals surface area contributed by atoms with Crippen molar-refractivity contribution in [2.24, 2.45) is 0 Å². The lowest BCUT2D eigenvalue weighted by molar-refractivity contribution is 0.0694. The van der Waals surface area contributed by atoms with Gasteiger partial charge in [0.1, 0.15) is 11.3 Å². The minimum Gasteiger partial charge on any atom is -0.494 e. The third kappa shape index (κ3) is 3.19. The SMILES string of the molecule is CCCOc1ccc(-n2cc(C(=O)O)c(=O)[nH]c2=O)cc1. The number of benzene rings is 1. The summed E-state index contributed by atoms with van der Waals surface area (Å²) in [6.07, 6.45) is 1.88. The minimum atomic E-state index is -1.40. The maximum atomic E-state index is 11.8. The molecular weight excluding hydrogens is 276 g/mol. The van der Waals surface area contributed by atoms with E-state index in [1.54, 1.807) is 24.3 Å². The van der Waals surface area contributed by atoms with Crippen LogP contribution < -0.4 is 16.0 Å². The number of hydrogen-bond acceptors (Lipinski definition) is 4. The molecule has 0 unspecified atom stereocenters. The van der Waals surface area contributed by atoms with Gasteiger partial charge in [0.15, 0.2) is 0 Å². The number of carboxylic acids is 1. The van der Waals surface area contributed by atoms with Gasteiger partial charge in [0.05, 0.1) is 12.3 Å². The zero-order valence-electron chi connectivity index (χ0n) is 11.3. The molecule has 0 amide bonds. The fourth-order valence-corrected chi connectivity index (χ4v) is 1.74. The Morgan fingerprint density at radius 1 is 1.29 bits per heavy atom. The summed E-state index contributed by atoms with van der Waals surface area (Å²) in [6.45, 7) is 2.57. The predicted molar refractivity (Wildman–Crippen MR) is 75.4 cm³/mol. The fourth-order valence-electron chi connectivity index (χ4n) is 1.74. The zero-order chi connectivity index (χ0) is 15.4. The van der Waals surface area contributed by atoms with Gasteiger partial charge in [-0.05, 0) is 30.7 Å². The minimum absolute atomic E-state index is 0.433. The molecule has 0 saturated carbocycles. The van der Waals surface area contributed by atoms with Gasteiger partial charge >= 0.3 is 11.7 Å². The molecular formula is C14H14N2O5. The first-order valence-corrected chi connectivity index (χ1v) is 6.35. The number of rotatable bonds is 5. The summed E-state index contributed by atoms with van der Waals surface area (Å²) < 4.78 is 6.48. The van der Waals surface area contributed by atoms with E-state index in [1.165, 1.54) is 0 Å². The smallest absolute Gasteiger partial charge is 0.342 e. The topological polar surface area (TPSA) is 101 Å². The first-order valence-electron chi connectivity index (χ1n) is 6.35. The number of hydrogen-bond donors (Lipinski definition) is 2. The lowest BCUT2D eigenvalue weighted by Crippen LogP contribution is -2.32. The highest BCUT2D eigenvalue weighted by molar-refractivity contribution is 5.86. The van der Waals surface area contributed by atoms with Gasteiger partial charge in [0.2, 0.25) is 0 Å². The highest BCUT2D eigenvalue weighted by Crippen LogP contribution is 2.14. The van der Waals surface area contributed by atoms with Crippen molar-refractivity contribution in [1.29, 1.82) is 0 Å². The molecule has 0 saturated heterocycles. The van der Waals surface area contributed by atoms with Gasteiger partial charge in [-0.3, -0.25) is 14.3 Å². The number of nitrogens with one attached hydrogen (secondary N) is 1. The number of ether oxygens (including phenoxy) is 1. The Bertz CT molecular complexity index is 758. The number of carboxylic acid groups (broad SMARTS) is 1. The molecule has 7 nitrogen and oxygen atoms in total. The Balaban J connectivity index is 2.42. The number of nitrogens with zero attached hydrogens (tertiary/aromatic N) is 1. The van der Waals surface area contributed by atoms with Crippen LogP contribution in [0.2, 0.25) is 0 Å². The summed E-state index contributed by atoms with van der Waals surface area (Å²) in [5, 5.41) is 8.91. The summed E-state index contributed by atoms with van der Waals surface area (Å²) in [5.41, 5.74) is -1.69. The standard InChI is InChI=1S/C14H14N2O5/c1-2-7-21-10-5-3-9(4-6-10)16-8-11(13(18)19)12(17)15-14(16)20/h3-6,8H,2,7H2,1H3,(H,18,19)(H,15,17,20). The van der Waals surface area contributed by atoms with Crippen molar-refractivity contribution >= 4 is 5.97 Å². The molecule has 0 bridgehead atoms. The van der Waals surface area contributed by atoms with Crippen LogP contribution in [0.5, 0.6) is 5.75 Å². The third-order valence-electron chi connectivity index (χ3n) is 2.76. The van der Waals surface area contributed by atoms with Crippen molar-refractivity contribution in [3.8, 4) is 11.4 Å². The average Bonchev–Trinajstić information content (AvgIpc) is 2.45. The van der Waals surface area contributed by atoms with Gasteiger partial charge in [-0.15, -0.1) is 0 Å². The van der Waals surface area contributed by atoms with E-state index < -0.39 is 22.8 Å². The second kappa shape index (κ2) is 6.08. The average molecular weight is 290 g/mol. The zero-order valence-corrected chi connectivity index (χ0v) is 11.3. The molecule has 0 aliphatic carbocycles. The van der Waals surface area contributed by atoms with Crippen molar-refractivity contribution < 1.29 is 14.6 Å². The summed E-state index contributed by atoms with van der Waals surface area (Å²) in [6, 6.07) is 6.55. The molecule has 2 N–H and O–H groups in total. The molecule has 0 spiro atoms. The van der Waals surface area contributed by atoms with Gasteiger partial charge in [-0.2, -0.15) is 0 Å². The maximum absolute atomic E-state index is 11.8. The molecule has 21 heavy (non-hydrogen) atoms. The van der Waals surface area contributed by atoms with Crippen molar-refractivity contribution in [3.63, 3.8) is 0 Å². The molecule has 2 aromatic rings. The summed E-state index contributed by atoms with van der Waals surface area (Å²) in [7, 11) is 0. The molecule has 2 rings (SSSR count). The molecule has 7 heteroatoms. The lowest BCUT2D eigenvalue weighted by atomic mass is 10.3. The largest absolute Gasteiger partial charge is 0.494 e. The van der Waals surface area contributed by atoms with Crippen LogP contribution in [-0.4, -0.2) is 27.2 Å². The molecule has 0 radical (unpaired) electrons. The molecule has 0 atom stereocenters. The Hall–Kier alpha value is -2.83. The number of aromatic carboxylic acids is 1. The van der Waals surface area contributed by atoms with Crippen LogP contribution >= 0.6 is 0 Å². The quantitative estimate of drug-likeness (QED) is 0.855. The Labute approximate surface area is 119 Å². The Kier molecular flexibility index (Phi) is 4.22. The highest BCUT2D eigenvalue weighted by atomic mass is 16.5. The van der Waals surface area contributed by atoms with Gasteiger partial charge in [-0.25, -0.2) is 9.59 Å². The van der Waals surface area contributed by atoms with E-state index in [9.17, 15) is 14.4 Å². The van der Waals surface area contributed by atoms with Gasteiger partial charge in [0.25, 0.3) is 5.56 Å². The third-order valence-corrected chi connectivity index (χ3v) is 2.76. The van der Waals surface area contributed by atoms with Crippen molar-refractivity contribution in [1.82, 2.24) is 9.55 Å². The van der Waals surface area contributed by atoms with Gasteiger partial charge in [0, 0.05) is 6.20 Å². The molecule has 110 valence electrons. The second-order valence-electron chi connectivity index (χ2n) is 4.32. The number of aromatic amines is 1. The molecule has 1 heterocycles. The number of carbonyl (C=O) groups is 1. The molecule has 0 aliphatic rings. The van der Waals surface area contributed by atoms with Crippen LogP contribution in [0.3, 0.4) is 0 Å². The van der Waals surface area contributed by atoms with Crippen molar-refractivity contribution in [3.05, 3.63) is 56.9 Å². The molecule has 1 aromatic heterocycles. The van der Waals surface area contributed by atoms with Crippen LogP contribution in [0.15, 0.2) is 40.1 Å². The van der Waals surface area contributed by atoms with E-state index in [0.29, 0.717) is 18.0 Å². The summed E-state index contributed by atoms with van der Waals surface area (Å²) >= 11 is 0. The monoisotopic (exact) mass is 290 g/mol. The van der Waals surface area contributed by atoms with E-state index in [2.05, 4.69) is 0 Å². The molecule has 1 aromatic carbocycles. The van der Waals surface area contributed by atoms with Crippen LogP contribution in [0.4, 0.5) is 0 Å². The highest BCUT2D eigenvalue weighted by Gasteiger charge is 2.12. The first kappa shape index (κ1) is 14.6. The number of H-pyrrole nitrogens is 1. The van der Waals surface area contributed by atoms with E-state index >= 15 is 0 Å². The fraction of sp³-hybridized carbons (Fsp3) is 0.214. The van der Waals surface area contributed by atoms with Crippen LogP contribution in [0, 0.1) is 0 Å². The lowest BCUT2D eigenvalue weighted by Gasteiger charge is -2.08. The Morgan fingerprint density at radius 3 is 2.52 bits per heavy atom. The summed E-state index contributed by atoms with van der Waals surface area (Å²) in [4.78, 5) is 36.0.